The molecule has 1 heterocycles. The number of fused-ring (bicyclic) bond motifs is 1. The number of nitrogens with zero attached hydrogens (tertiary/aromatic N) is 1. The lowest BCUT2D eigenvalue weighted by Gasteiger charge is -2.49. The summed E-state index contributed by atoms with van der Waals surface area (Å²) in [7, 11) is -2.03. The molecular weight excluding hydrogens is 587 g/mol. The predicted octanol–water partition coefficient (Wildman–Crippen LogP) is 12.5. The maximum atomic E-state index is 2.68. The molecule has 47 heavy (non-hydrogen) atoms. The lowest BCUT2D eigenvalue weighted by molar-refractivity contribution is 1.44. The zero-order valence-corrected chi connectivity index (χ0v) is 27.1. The number of allylic oxidation sites excluding steroid dienone is 2. The predicted molar refractivity (Wildman–Crippen MR) is 205 cm³/mol. The molecule has 0 atom stereocenters. The van der Waals surface area contributed by atoms with Gasteiger partial charge in [0.15, 0.2) is 0 Å². The van der Waals surface area contributed by atoms with E-state index in [-0.39, 0.29) is 0 Å². The van der Waals surface area contributed by atoms with E-state index in [0.29, 0.717) is 0 Å². The van der Waals surface area contributed by atoms with E-state index < -0.39 is 10.2 Å². The molecule has 0 radical (unpaired) electrons. The topological polar surface area (TPSA) is 3.24 Å². The summed E-state index contributed by atoms with van der Waals surface area (Å²) < 4.78 is 2.68. The summed E-state index contributed by atoms with van der Waals surface area (Å²) in [5.74, 6) is 0. The molecule has 0 spiro atoms. The Hall–Kier alpha value is -5.57. The lowest BCUT2D eigenvalue weighted by Crippen LogP contribution is -2.24. The first kappa shape index (κ1) is 28.9. The number of anilines is 2. The van der Waals surface area contributed by atoms with Crippen molar-refractivity contribution in [3.8, 4) is 0 Å². The molecule has 1 aliphatic heterocycles. The molecule has 0 saturated heterocycles. The molecule has 1 nitrogen and oxygen atoms in total. The van der Waals surface area contributed by atoms with Gasteiger partial charge in [-0.15, -0.1) is 10.2 Å². The third-order valence-corrected chi connectivity index (χ3v) is 12.6. The molecule has 7 aromatic carbocycles. The zero-order valence-electron chi connectivity index (χ0n) is 26.3. The summed E-state index contributed by atoms with van der Waals surface area (Å²) in [6, 6.07) is 70.7. The maximum absolute atomic E-state index is 2.68. The van der Waals surface area contributed by atoms with Crippen LogP contribution in [0.5, 0.6) is 0 Å². The Morgan fingerprint density at radius 2 is 0.745 bits per heavy atom. The molecule has 1 aliphatic rings. The molecule has 0 unspecified atom stereocenters. The summed E-state index contributed by atoms with van der Waals surface area (Å²) in [6.45, 7) is 0. The van der Waals surface area contributed by atoms with E-state index in [0.717, 1.165) is 0 Å². The highest BCUT2D eigenvalue weighted by Gasteiger charge is 2.46. The van der Waals surface area contributed by atoms with Crippen LogP contribution < -0.4 is 4.31 Å². The van der Waals surface area contributed by atoms with E-state index >= 15 is 0 Å². The highest BCUT2D eigenvalue weighted by atomic mass is 32.3. The zero-order chi connectivity index (χ0) is 31.6. The molecule has 2 heteroatoms. The van der Waals surface area contributed by atoms with Gasteiger partial charge in [-0.2, -0.15) is 0 Å². The van der Waals surface area contributed by atoms with Crippen molar-refractivity contribution in [1.29, 1.82) is 0 Å². The van der Waals surface area contributed by atoms with Gasteiger partial charge in [0.2, 0.25) is 0 Å². The van der Waals surface area contributed by atoms with Crippen molar-refractivity contribution in [2.24, 2.45) is 0 Å². The number of benzene rings is 7. The SMILES string of the molecule is CS1(N(c2ccccc2)c2cccc3ccccc23)C(c2ccccc2)=C(c2ccccc2)C(c2ccccc2)=C1c1ccccc1. The molecule has 7 aromatic rings. The molecule has 0 aliphatic carbocycles. The smallest absolute Gasteiger partial charge is 0.0593 e. The van der Waals surface area contributed by atoms with Crippen molar-refractivity contribution in [2.45, 2.75) is 0 Å². The van der Waals surface area contributed by atoms with Crippen molar-refractivity contribution in [3.05, 3.63) is 216 Å². The van der Waals surface area contributed by atoms with Crippen LogP contribution in [-0.4, -0.2) is 6.26 Å². The van der Waals surface area contributed by atoms with Crippen LogP contribution in [0.25, 0.3) is 31.7 Å². The van der Waals surface area contributed by atoms with Crippen LogP contribution in [0.1, 0.15) is 22.3 Å². The van der Waals surface area contributed by atoms with Crippen LogP contribution in [0, 0.1) is 0 Å². The van der Waals surface area contributed by atoms with Gasteiger partial charge in [0.05, 0.1) is 11.4 Å². The summed E-state index contributed by atoms with van der Waals surface area (Å²) in [4.78, 5) is 2.72. The molecule has 0 fully saturated rings. The summed E-state index contributed by atoms with van der Waals surface area (Å²) in [6.07, 6.45) is 2.52. The largest absolute Gasteiger partial charge is 0.295 e. The minimum absolute atomic E-state index is 1.17. The van der Waals surface area contributed by atoms with Crippen molar-refractivity contribution in [2.75, 3.05) is 10.6 Å². The number of hydrogen-bond donors (Lipinski definition) is 0. The Kier molecular flexibility index (Phi) is 7.57. The first-order valence-corrected chi connectivity index (χ1v) is 18.1. The minimum Gasteiger partial charge on any atom is -0.295 e. The van der Waals surface area contributed by atoms with E-state index in [1.165, 1.54) is 65.4 Å². The molecular formula is C45H35NS. The lowest BCUT2D eigenvalue weighted by atomic mass is 9.89. The highest BCUT2D eigenvalue weighted by Crippen LogP contribution is 2.79. The van der Waals surface area contributed by atoms with Crippen molar-refractivity contribution >= 4 is 53.3 Å². The molecule has 8 rings (SSSR count). The second-order valence-corrected chi connectivity index (χ2v) is 14.8. The fourth-order valence-corrected chi connectivity index (χ4v) is 11.2. The fourth-order valence-electron chi connectivity index (χ4n) is 7.09. The highest BCUT2D eigenvalue weighted by molar-refractivity contribution is 8.49. The van der Waals surface area contributed by atoms with Gasteiger partial charge in [0, 0.05) is 26.3 Å². The van der Waals surface area contributed by atoms with Gasteiger partial charge in [-0.1, -0.05) is 176 Å². The molecule has 0 bridgehead atoms. The summed E-state index contributed by atoms with van der Waals surface area (Å²) in [5, 5.41) is 2.47. The van der Waals surface area contributed by atoms with Crippen LogP contribution in [0.2, 0.25) is 0 Å². The average Bonchev–Trinajstić information content (AvgIpc) is 3.43. The van der Waals surface area contributed by atoms with Crippen molar-refractivity contribution < 1.29 is 0 Å². The first-order chi connectivity index (χ1) is 23.2. The normalized spacial score (nSPS) is 14.7. The van der Waals surface area contributed by atoms with Gasteiger partial charge in [-0.05, 0) is 52.1 Å². The third-order valence-electron chi connectivity index (χ3n) is 9.04. The quantitative estimate of drug-likeness (QED) is 0.171. The van der Waals surface area contributed by atoms with E-state index in [1.807, 2.05) is 0 Å². The second-order valence-electron chi connectivity index (χ2n) is 11.9. The van der Waals surface area contributed by atoms with Crippen LogP contribution >= 0.6 is 10.2 Å². The molecule has 226 valence electrons. The first-order valence-electron chi connectivity index (χ1n) is 16.1. The van der Waals surface area contributed by atoms with Gasteiger partial charge in [-0.3, -0.25) is 4.31 Å². The monoisotopic (exact) mass is 621 g/mol. The van der Waals surface area contributed by atoms with Gasteiger partial charge >= 0.3 is 0 Å². The Bertz CT molecular complexity index is 2120. The maximum Gasteiger partial charge on any atom is 0.0593 e. The van der Waals surface area contributed by atoms with Crippen LogP contribution in [-0.2, 0) is 0 Å². The second kappa shape index (κ2) is 12.3. The van der Waals surface area contributed by atoms with Gasteiger partial charge in [0.1, 0.15) is 0 Å². The Labute approximate surface area is 279 Å². The molecule has 0 aromatic heterocycles. The summed E-state index contributed by atoms with van der Waals surface area (Å²) in [5.41, 5.74) is 9.89. The minimum atomic E-state index is -2.03. The standard InChI is InChI=1S/C45H35NS/c1-47(46(39-30-15-6-16-31-39)41-33-19-29-34-20-17-18-32-40(34)41)44(37-25-11-4-12-26-37)42(35-21-7-2-8-22-35)43(36-23-9-3-10-24-36)45(47)38-27-13-5-14-28-38/h2-33H,1H3. The fraction of sp³-hybridized carbons (Fsp3) is 0.0222. The Morgan fingerprint density at radius 1 is 0.362 bits per heavy atom. The third kappa shape index (κ3) is 4.99. The van der Waals surface area contributed by atoms with Crippen molar-refractivity contribution in [1.82, 2.24) is 0 Å². The molecule has 0 N–H and O–H groups in total. The van der Waals surface area contributed by atoms with E-state index in [1.54, 1.807) is 0 Å². The van der Waals surface area contributed by atoms with E-state index in [9.17, 15) is 0 Å². The van der Waals surface area contributed by atoms with Crippen LogP contribution in [0.4, 0.5) is 11.4 Å². The average molecular weight is 622 g/mol. The van der Waals surface area contributed by atoms with Crippen LogP contribution in [0.3, 0.4) is 0 Å². The van der Waals surface area contributed by atoms with Gasteiger partial charge in [0.25, 0.3) is 0 Å². The van der Waals surface area contributed by atoms with Gasteiger partial charge < -0.3 is 0 Å². The Balaban J connectivity index is 1.60. The van der Waals surface area contributed by atoms with E-state index in [2.05, 4.69) is 205 Å². The Morgan fingerprint density at radius 3 is 1.23 bits per heavy atom. The number of para-hydroxylation sites is 1. The van der Waals surface area contributed by atoms with E-state index in [4.69, 9.17) is 0 Å². The van der Waals surface area contributed by atoms with Crippen LogP contribution in [0.15, 0.2) is 194 Å². The van der Waals surface area contributed by atoms with Gasteiger partial charge in [-0.25, -0.2) is 0 Å². The van der Waals surface area contributed by atoms with Crippen molar-refractivity contribution in [3.63, 3.8) is 0 Å². The molecule has 0 saturated carbocycles. The molecule has 0 amide bonds. The summed E-state index contributed by atoms with van der Waals surface area (Å²) >= 11 is 0. The number of rotatable bonds is 7. The number of hydrogen-bond acceptors (Lipinski definition) is 1.